The molecule has 72 valence electrons. The van der Waals surface area contributed by atoms with Crippen molar-refractivity contribution in [1.82, 2.24) is 5.32 Å². The van der Waals surface area contributed by atoms with E-state index in [4.69, 9.17) is 4.42 Å². The lowest BCUT2D eigenvalue weighted by molar-refractivity contribution is 0.414. The maximum absolute atomic E-state index is 5.58. The van der Waals surface area contributed by atoms with Gasteiger partial charge in [-0.2, -0.15) is 0 Å². The first-order valence-corrected chi connectivity index (χ1v) is 5.50. The van der Waals surface area contributed by atoms with E-state index in [0.717, 1.165) is 22.9 Å². The van der Waals surface area contributed by atoms with Crippen LogP contribution in [0.15, 0.2) is 21.2 Å². The fraction of sp³-hybridized carbons (Fsp3) is 0.600. The first-order chi connectivity index (χ1) is 6.31. The maximum atomic E-state index is 5.58. The zero-order chi connectivity index (χ0) is 9.26. The molecule has 1 aromatic rings. The molecule has 1 atom stereocenters. The van der Waals surface area contributed by atoms with Gasteiger partial charge < -0.3 is 9.73 Å². The molecule has 1 saturated carbocycles. The minimum atomic E-state index is 0.566. The number of nitrogens with one attached hydrogen (secondary N) is 1. The molecule has 0 aromatic carbocycles. The van der Waals surface area contributed by atoms with Crippen LogP contribution in [0.5, 0.6) is 0 Å². The molecule has 3 heteroatoms. The fourth-order valence-corrected chi connectivity index (χ4v) is 2.06. The van der Waals surface area contributed by atoms with E-state index in [-0.39, 0.29) is 0 Å². The third kappa shape index (κ3) is 2.15. The monoisotopic (exact) mass is 243 g/mol. The van der Waals surface area contributed by atoms with Crippen LogP contribution in [0.4, 0.5) is 0 Å². The standard InChI is InChI=1S/C10H14BrNO/c1-12-6-8(7-2-3-7)9-4-5-10(11)13-9/h4-5,7-8,12H,2-3,6H2,1H3. The molecule has 2 nitrogen and oxygen atoms in total. The van der Waals surface area contributed by atoms with Gasteiger partial charge in [0.15, 0.2) is 4.67 Å². The molecule has 1 heterocycles. The van der Waals surface area contributed by atoms with Crippen molar-refractivity contribution in [1.29, 1.82) is 0 Å². The van der Waals surface area contributed by atoms with Crippen LogP contribution >= 0.6 is 15.9 Å². The summed E-state index contributed by atoms with van der Waals surface area (Å²) in [5.74, 6) is 2.52. The first kappa shape index (κ1) is 9.28. The lowest BCUT2D eigenvalue weighted by Crippen LogP contribution is -2.18. The molecule has 13 heavy (non-hydrogen) atoms. The van der Waals surface area contributed by atoms with Crippen LogP contribution in [-0.2, 0) is 0 Å². The van der Waals surface area contributed by atoms with Crippen molar-refractivity contribution in [3.8, 4) is 0 Å². The number of halogens is 1. The third-order valence-electron chi connectivity index (χ3n) is 2.57. The number of furan rings is 1. The molecule has 1 fully saturated rings. The van der Waals surface area contributed by atoms with Crippen molar-refractivity contribution in [3.05, 3.63) is 22.6 Å². The Kier molecular flexibility index (Phi) is 2.74. The quantitative estimate of drug-likeness (QED) is 0.880. The van der Waals surface area contributed by atoms with Gasteiger partial charge in [0.1, 0.15) is 5.76 Å². The molecular weight excluding hydrogens is 230 g/mol. The van der Waals surface area contributed by atoms with Crippen molar-refractivity contribution < 1.29 is 4.42 Å². The maximum Gasteiger partial charge on any atom is 0.169 e. The molecule has 0 amide bonds. The average molecular weight is 244 g/mol. The van der Waals surface area contributed by atoms with Crippen LogP contribution in [0.25, 0.3) is 0 Å². The summed E-state index contributed by atoms with van der Waals surface area (Å²) in [6.45, 7) is 1.02. The Hall–Kier alpha value is -0.280. The highest BCUT2D eigenvalue weighted by Gasteiger charge is 2.33. The van der Waals surface area contributed by atoms with Gasteiger partial charge in [-0.1, -0.05) is 0 Å². The number of hydrogen-bond acceptors (Lipinski definition) is 2. The summed E-state index contributed by atoms with van der Waals surface area (Å²) in [5, 5.41) is 3.22. The van der Waals surface area contributed by atoms with Crippen molar-refractivity contribution in [2.45, 2.75) is 18.8 Å². The number of rotatable bonds is 4. The molecule has 1 unspecified atom stereocenters. The highest BCUT2D eigenvalue weighted by atomic mass is 79.9. The molecule has 0 spiro atoms. The van der Waals surface area contributed by atoms with Crippen LogP contribution in [0.3, 0.4) is 0 Å². The Morgan fingerprint density at radius 3 is 2.85 bits per heavy atom. The van der Waals surface area contributed by atoms with Crippen molar-refractivity contribution in [3.63, 3.8) is 0 Å². The molecule has 1 aromatic heterocycles. The molecule has 0 saturated heterocycles. The SMILES string of the molecule is CNCC(c1ccc(Br)o1)C1CC1. The molecule has 1 aliphatic rings. The topological polar surface area (TPSA) is 25.2 Å². The van der Waals surface area contributed by atoms with Gasteiger partial charge in [-0.25, -0.2) is 0 Å². The van der Waals surface area contributed by atoms with Gasteiger partial charge in [0.2, 0.25) is 0 Å². The van der Waals surface area contributed by atoms with Gasteiger partial charge in [0.25, 0.3) is 0 Å². The average Bonchev–Trinajstić information content (AvgIpc) is 2.85. The number of hydrogen-bond donors (Lipinski definition) is 1. The second-order valence-electron chi connectivity index (χ2n) is 3.64. The fourth-order valence-electron chi connectivity index (χ4n) is 1.75. The van der Waals surface area contributed by atoms with E-state index in [9.17, 15) is 0 Å². The summed E-state index contributed by atoms with van der Waals surface area (Å²) in [4.78, 5) is 0. The zero-order valence-electron chi connectivity index (χ0n) is 7.72. The van der Waals surface area contributed by atoms with E-state index in [1.807, 2.05) is 13.1 Å². The van der Waals surface area contributed by atoms with E-state index >= 15 is 0 Å². The van der Waals surface area contributed by atoms with E-state index in [1.165, 1.54) is 12.8 Å². The second kappa shape index (κ2) is 3.84. The van der Waals surface area contributed by atoms with E-state index in [2.05, 4.69) is 27.3 Å². The molecule has 2 rings (SSSR count). The summed E-state index contributed by atoms with van der Waals surface area (Å²) in [5.41, 5.74) is 0. The molecule has 0 aliphatic heterocycles. The Balaban J connectivity index is 2.10. The highest BCUT2D eigenvalue weighted by Crippen LogP contribution is 2.42. The zero-order valence-corrected chi connectivity index (χ0v) is 9.30. The Labute approximate surface area is 86.8 Å². The highest BCUT2D eigenvalue weighted by molar-refractivity contribution is 9.10. The Morgan fingerprint density at radius 2 is 2.38 bits per heavy atom. The molecule has 0 bridgehead atoms. The van der Waals surface area contributed by atoms with Gasteiger partial charge >= 0.3 is 0 Å². The van der Waals surface area contributed by atoms with Crippen LogP contribution < -0.4 is 5.32 Å². The van der Waals surface area contributed by atoms with E-state index in [0.29, 0.717) is 5.92 Å². The summed E-state index contributed by atoms with van der Waals surface area (Å²) < 4.78 is 6.41. The van der Waals surface area contributed by atoms with Gasteiger partial charge in [-0.05, 0) is 53.9 Å². The van der Waals surface area contributed by atoms with Crippen molar-refractivity contribution in [2.24, 2.45) is 5.92 Å². The third-order valence-corrected chi connectivity index (χ3v) is 3.00. The minimum absolute atomic E-state index is 0.566. The number of likely N-dealkylation sites (N-methyl/N-ethyl adjacent to an activating group) is 1. The lowest BCUT2D eigenvalue weighted by atomic mass is 10.0. The molecule has 1 aliphatic carbocycles. The largest absolute Gasteiger partial charge is 0.454 e. The van der Waals surface area contributed by atoms with Gasteiger partial charge in [-0.3, -0.25) is 0 Å². The summed E-state index contributed by atoms with van der Waals surface area (Å²) in [7, 11) is 1.99. The smallest absolute Gasteiger partial charge is 0.169 e. The first-order valence-electron chi connectivity index (χ1n) is 4.71. The van der Waals surface area contributed by atoms with Crippen molar-refractivity contribution in [2.75, 3.05) is 13.6 Å². The van der Waals surface area contributed by atoms with Gasteiger partial charge in [0, 0.05) is 12.5 Å². The summed E-state index contributed by atoms with van der Waals surface area (Å²) >= 11 is 3.33. The van der Waals surface area contributed by atoms with Crippen molar-refractivity contribution >= 4 is 15.9 Å². The van der Waals surface area contributed by atoms with Crippen LogP contribution in [-0.4, -0.2) is 13.6 Å². The predicted octanol–water partition coefficient (Wildman–Crippen LogP) is 2.76. The lowest BCUT2D eigenvalue weighted by Gasteiger charge is -2.12. The Morgan fingerprint density at radius 1 is 1.62 bits per heavy atom. The molecule has 1 N–H and O–H groups in total. The van der Waals surface area contributed by atoms with Gasteiger partial charge in [0.05, 0.1) is 0 Å². The molecular formula is C10H14BrNO. The van der Waals surface area contributed by atoms with E-state index < -0.39 is 0 Å². The van der Waals surface area contributed by atoms with Crippen LogP contribution in [0.2, 0.25) is 0 Å². The predicted molar refractivity (Wildman–Crippen MR) is 55.8 cm³/mol. The summed E-state index contributed by atoms with van der Waals surface area (Å²) in [6.07, 6.45) is 2.70. The molecule has 0 radical (unpaired) electrons. The van der Waals surface area contributed by atoms with Crippen LogP contribution in [0.1, 0.15) is 24.5 Å². The van der Waals surface area contributed by atoms with E-state index in [1.54, 1.807) is 0 Å². The normalized spacial score (nSPS) is 18.9. The second-order valence-corrected chi connectivity index (χ2v) is 4.43. The van der Waals surface area contributed by atoms with Crippen LogP contribution in [0, 0.1) is 5.92 Å². The summed E-state index contributed by atoms with van der Waals surface area (Å²) in [6, 6.07) is 4.05. The minimum Gasteiger partial charge on any atom is -0.454 e. The van der Waals surface area contributed by atoms with Gasteiger partial charge in [-0.15, -0.1) is 0 Å². The Bertz CT molecular complexity index is 280.